The van der Waals surface area contributed by atoms with Crippen molar-refractivity contribution in [2.24, 2.45) is 4.99 Å². The molecule has 1 amide bonds. The van der Waals surface area contributed by atoms with Gasteiger partial charge in [-0.3, -0.25) is 9.89 Å². The van der Waals surface area contributed by atoms with Crippen LogP contribution in [0.5, 0.6) is 0 Å². The minimum absolute atomic E-state index is 0.211. The smallest absolute Gasteiger partial charge is 0.416 e. The van der Waals surface area contributed by atoms with Gasteiger partial charge in [0.2, 0.25) is 0 Å². The number of halogens is 2. The van der Waals surface area contributed by atoms with Gasteiger partial charge < -0.3 is 19.7 Å². The van der Waals surface area contributed by atoms with Crippen molar-refractivity contribution in [1.82, 2.24) is 4.90 Å². The lowest BCUT2D eigenvalue weighted by Gasteiger charge is -2.37. The van der Waals surface area contributed by atoms with Gasteiger partial charge in [-0.25, -0.2) is 13.6 Å². The van der Waals surface area contributed by atoms with Crippen LogP contribution in [0.25, 0.3) is 0 Å². The summed E-state index contributed by atoms with van der Waals surface area (Å²) in [6, 6.07) is -0.925. The molecule has 7 nitrogen and oxygen atoms in total. The van der Waals surface area contributed by atoms with Crippen LogP contribution in [0.3, 0.4) is 0 Å². The molecular formula is C14H22F2N2O5S. The van der Waals surface area contributed by atoms with E-state index in [0.717, 1.165) is 11.8 Å². The zero-order valence-electron chi connectivity index (χ0n) is 13.8. The van der Waals surface area contributed by atoms with Crippen LogP contribution in [0, 0.1) is 0 Å². The van der Waals surface area contributed by atoms with Gasteiger partial charge >= 0.3 is 6.09 Å². The highest BCUT2D eigenvalue weighted by molar-refractivity contribution is 8.14. The monoisotopic (exact) mass is 368 g/mol. The fraction of sp³-hybridized carbons (Fsp3) is 0.857. The number of aliphatic imine (C=N–C) groups is 1. The molecule has 0 spiro atoms. The molecule has 24 heavy (non-hydrogen) atoms. The molecule has 0 radical (unpaired) electrons. The summed E-state index contributed by atoms with van der Waals surface area (Å²) < 4.78 is 36.3. The van der Waals surface area contributed by atoms with E-state index in [1.807, 2.05) is 0 Å². The summed E-state index contributed by atoms with van der Waals surface area (Å²) in [5.74, 6) is 0. The number of rotatable bonds is 2. The van der Waals surface area contributed by atoms with Crippen LogP contribution in [-0.2, 0) is 9.47 Å². The number of amidine groups is 1. The van der Waals surface area contributed by atoms with Crippen molar-refractivity contribution >= 4 is 23.0 Å². The third-order valence-corrected chi connectivity index (χ3v) is 4.66. The van der Waals surface area contributed by atoms with Gasteiger partial charge in [0, 0.05) is 6.54 Å². The van der Waals surface area contributed by atoms with Crippen molar-refractivity contribution in [3.8, 4) is 0 Å². The number of hydrogen-bond acceptors (Lipinski definition) is 7. The molecule has 5 atom stereocenters. The van der Waals surface area contributed by atoms with Crippen LogP contribution >= 0.6 is 11.8 Å². The first-order chi connectivity index (χ1) is 11.0. The van der Waals surface area contributed by atoms with Gasteiger partial charge in [0.15, 0.2) is 5.17 Å². The van der Waals surface area contributed by atoms with E-state index in [1.165, 1.54) is 4.90 Å². The molecule has 0 bridgehead atoms. The number of carbonyl (C=O) groups excluding carboxylic acids is 1. The maximum absolute atomic E-state index is 12.9. The quantitative estimate of drug-likeness (QED) is 0.766. The van der Waals surface area contributed by atoms with Crippen LogP contribution in [0.15, 0.2) is 4.99 Å². The van der Waals surface area contributed by atoms with Crippen LogP contribution in [0.1, 0.15) is 27.7 Å². The fourth-order valence-corrected chi connectivity index (χ4v) is 3.64. The van der Waals surface area contributed by atoms with Crippen LogP contribution in [0.4, 0.5) is 13.6 Å². The zero-order valence-corrected chi connectivity index (χ0v) is 14.7. The minimum atomic E-state index is -2.94. The predicted octanol–water partition coefficient (Wildman–Crippen LogP) is 1.43. The van der Waals surface area contributed by atoms with E-state index in [0.29, 0.717) is 0 Å². The molecule has 138 valence electrons. The van der Waals surface area contributed by atoms with Gasteiger partial charge in [-0.15, -0.1) is 0 Å². The van der Waals surface area contributed by atoms with E-state index in [2.05, 4.69) is 4.99 Å². The highest BCUT2D eigenvalue weighted by Gasteiger charge is 2.52. The van der Waals surface area contributed by atoms with E-state index in [-0.39, 0.29) is 11.7 Å². The first kappa shape index (κ1) is 19.4. The first-order valence-electron chi connectivity index (χ1n) is 7.60. The highest BCUT2D eigenvalue weighted by atomic mass is 32.2. The number of nitrogens with zero attached hydrogens (tertiary/aromatic N) is 2. The minimum Gasteiger partial charge on any atom is -0.443 e. The topological polar surface area (TPSA) is 91.6 Å². The van der Waals surface area contributed by atoms with Crippen molar-refractivity contribution in [1.29, 1.82) is 0 Å². The van der Waals surface area contributed by atoms with E-state index in [4.69, 9.17) is 9.47 Å². The molecule has 2 aliphatic heterocycles. The number of amides is 1. The molecule has 1 saturated heterocycles. The molecule has 0 aliphatic carbocycles. The average molecular weight is 368 g/mol. The summed E-state index contributed by atoms with van der Waals surface area (Å²) in [6.07, 6.45) is -8.60. The Balaban J connectivity index is 2.15. The fourth-order valence-electron chi connectivity index (χ4n) is 2.37. The predicted molar refractivity (Wildman–Crippen MR) is 84.1 cm³/mol. The number of aliphatic hydroxyl groups excluding tert-OH is 2. The van der Waals surface area contributed by atoms with E-state index >= 15 is 0 Å². The molecule has 2 rings (SSSR count). The van der Waals surface area contributed by atoms with Gasteiger partial charge in [-0.05, 0) is 27.7 Å². The molecule has 1 fully saturated rings. The van der Waals surface area contributed by atoms with Crippen molar-refractivity contribution in [2.75, 3.05) is 6.54 Å². The molecular weight excluding hydrogens is 346 g/mol. The lowest BCUT2D eigenvalue weighted by Crippen LogP contribution is -2.56. The molecule has 0 aromatic heterocycles. The summed E-state index contributed by atoms with van der Waals surface area (Å²) in [4.78, 5) is 17.7. The highest BCUT2D eigenvalue weighted by Crippen LogP contribution is 2.39. The van der Waals surface area contributed by atoms with E-state index in [9.17, 15) is 23.8 Å². The van der Waals surface area contributed by atoms with Crippen LogP contribution in [0.2, 0.25) is 0 Å². The largest absolute Gasteiger partial charge is 0.443 e. The molecule has 2 N–H and O–H groups in total. The van der Waals surface area contributed by atoms with Crippen molar-refractivity contribution in [3.05, 3.63) is 0 Å². The third kappa shape index (κ3) is 3.98. The maximum atomic E-state index is 12.9. The number of fused-ring (bicyclic) bond motifs is 1. The summed E-state index contributed by atoms with van der Waals surface area (Å²) in [5, 5.41) is 20.0. The Morgan fingerprint density at radius 1 is 1.42 bits per heavy atom. The Morgan fingerprint density at radius 3 is 2.54 bits per heavy atom. The van der Waals surface area contributed by atoms with Gasteiger partial charge in [-0.1, -0.05) is 11.8 Å². The van der Waals surface area contributed by atoms with E-state index < -0.39 is 47.9 Å². The summed E-state index contributed by atoms with van der Waals surface area (Å²) in [5.41, 5.74) is -1.59. The van der Waals surface area contributed by atoms with Gasteiger partial charge in [-0.2, -0.15) is 0 Å². The number of thioether (sulfide) groups is 1. The Morgan fingerprint density at radius 2 is 2.04 bits per heavy atom. The summed E-state index contributed by atoms with van der Waals surface area (Å²) in [6.45, 7) is 7.12. The molecule has 0 aromatic rings. The van der Waals surface area contributed by atoms with Crippen LogP contribution < -0.4 is 0 Å². The normalized spacial score (nSPS) is 33.2. The number of hydrogen-bond donors (Lipinski definition) is 2. The summed E-state index contributed by atoms with van der Waals surface area (Å²) in [7, 11) is 0. The first-order valence-corrected chi connectivity index (χ1v) is 8.48. The maximum Gasteiger partial charge on any atom is 0.416 e. The Hall–Kier alpha value is -0.970. The zero-order chi connectivity index (χ0) is 18.2. The Kier molecular flexibility index (Phi) is 5.73. The molecule has 10 heteroatoms. The third-order valence-electron chi connectivity index (χ3n) is 3.50. The Labute approximate surface area is 143 Å². The van der Waals surface area contributed by atoms with Crippen LogP contribution in [-0.4, -0.2) is 74.7 Å². The van der Waals surface area contributed by atoms with Gasteiger partial charge in [0.05, 0.1) is 0 Å². The Bertz CT molecular complexity index is 514. The number of ether oxygens (including phenoxy) is 2. The lowest BCUT2D eigenvalue weighted by atomic mass is 9.98. The summed E-state index contributed by atoms with van der Waals surface area (Å²) >= 11 is 0.957. The van der Waals surface area contributed by atoms with Crippen molar-refractivity contribution in [3.63, 3.8) is 0 Å². The number of aliphatic hydroxyl groups is 2. The SMILES string of the molecule is CCN(C(=O)OC(C)(C)C)C1=N[C@@H]2[C@@H](O)[C@H](O)[C@@H](C(F)F)O[C@@H]2S1. The number of alkyl halides is 2. The van der Waals surface area contributed by atoms with Gasteiger partial charge in [0.1, 0.15) is 35.4 Å². The molecule has 0 saturated carbocycles. The van der Waals surface area contributed by atoms with Crippen molar-refractivity contribution < 1.29 is 33.3 Å². The molecule has 2 aliphatic rings. The van der Waals surface area contributed by atoms with E-state index in [1.54, 1.807) is 27.7 Å². The molecule has 0 unspecified atom stereocenters. The average Bonchev–Trinajstić information content (AvgIpc) is 2.85. The standard InChI is InChI=1S/C14H22F2N2O5S/c1-5-18(13(21)23-14(2,3)4)12-17-6-7(19)8(20)9(10(15)16)22-11(6)24-12/h6-11,19-20H,5H2,1-4H3/t6-,7-,8+,9+,11-/m1/s1. The lowest BCUT2D eigenvalue weighted by molar-refractivity contribution is -0.193. The second kappa shape index (κ2) is 7.11. The second-order valence-corrected chi connectivity index (χ2v) is 7.59. The molecule has 0 aromatic carbocycles. The molecule has 2 heterocycles. The van der Waals surface area contributed by atoms with Crippen molar-refractivity contribution in [2.45, 2.75) is 69.5 Å². The second-order valence-electron chi connectivity index (χ2n) is 6.53. The van der Waals surface area contributed by atoms with Gasteiger partial charge in [0.25, 0.3) is 6.43 Å². The number of carbonyl (C=O) groups is 1.